The predicted molar refractivity (Wildman–Crippen MR) is 113 cm³/mol. The summed E-state index contributed by atoms with van der Waals surface area (Å²) in [5.41, 5.74) is 9.16. The summed E-state index contributed by atoms with van der Waals surface area (Å²) in [6.07, 6.45) is 6.39. The van der Waals surface area contributed by atoms with E-state index in [1.165, 1.54) is 6.26 Å². The lowest BCUT2D eigenvalue weighted by Gasteiger charge is -2.26. The molecule has 1 saturated carbocycles. The van der Waals surface area contributed by atoms with Crippen LogP contribution < -0.4 is 4.74 Å². The zero-order valence-electron chi connectivity index (χ0n) is 16.8. The van der Waals surface area contributed by atoms with Gasteiger partial charge in [0.05, 0.1) is 22.3 Å². The SMILES string of the molecule is C[C@H](C[C@@H](C)S(C)(=O)=O)Oc1ncc(C(C)(N=[N+]=[N-])C2CC2)c2cc(Cl)ncc12. The Morgan fingerprint density at radius 3 is 2.62 bits per heavy atom. The van der Waals surface area contributed by atoms with Gasteiger partial charge in [0, 0.05) is 30.0 Å². The molecular formula is C19H24ClN5O3S. The van der Waals surface area contributed by atoms with E-state index >= 15 is 0 Å². The quantitative estimate of drug-likeness (QED) is 0.254. The van der Waals surface area contributed by atoms with Crippen molar-refractivity contribution in [3.63, 3.8) is 0 Å². The fourth-order valence-corrected chi connectivity index (χ4v) is 4.34. The van der Waals surface area contributed by atoms with Crippen molar-refractivity contribution in [1.82, 2.24) is 9.97 Å². The summed E-state index contributed by atoms with van der Waals surface area (Å²) < 4.78 is 29.4. The van der Waals surface area contributed by atoms with Gasteiger partial charge in [0.2, 0.25) is 5.88 Å². The van der Waals surface area contributed by atoms with Crippen LogP contribution in [0.3, 0.4) is 0 Å². The summed E-state index contributed by atoms with van der Waals surface area (Å²) in [6, 6.07) is 1.72. The first-order chi connectivity index (χ1) is 13.6. The van der Waals surface area contributed by atoms with Crippen molar-refractivity contribution in [2.45, 2.75) is 56.9 Å². The number of nitrogens with zero attached hydrogens (tertiary/aromatic N) is 5. The van der Waals surface area contributed by atoms with E-state index in [-0.39, 0.29) is 12.0 Å². The first-order valence-corrected chi connectivity index (χ1v) is 11.8. The average molecular weight is 438 g/mol. The minimum atomic E-state index is -3.15. The van der Waals surface area contributed by atoms with Crippen molar-refractivity contribution >= 4 is 32.2 Å². The fourth-order valence-electron chi connectivity index (χ4n) is 3.56. The molecule has 2 aromatic rings. The van der Waals surface area contributed by atoms with E-state index < -0.39 is 20.6 Å². The minimum absolute atomic E-state index is 0.247. The highest BCUT2D eigenvalue weighted by atomic mass is 35.5. The first kappa shape index (κ1) is 21.6. The van der Waals surface area contributed by atoms with Crippen LogP contribution in [0.25, 0.3) is 21.2 Å². The van der Waals surface area contributed by atoms with Crippen LogP contribution in [-0.4, -0.2) is 36.0 Å². The molecule has 29 heavy (non-hydrogen) atoms. The summed E-state index contributed by atoms with van der Waals surface area (Å²) in [4.78, 5) is 11.7. The zero-order chi connectivity index (χ0) is 21.4. The molecule has 1 unspecified atom stereocenters. The van der Waals surface area contributed by atoms with Crippen LogP contribution in [0.5, 0.6) is 5.88 Å². The van der Waals surface area contributed by atoms with E-state index in [1.54, 1.807) is 32.3 Å². The number of rotatable bonds is 8. The lowest BCUT2D eigenvalue weighted by atomic mass is 9.86. The molecule has 0 N–H and O–H groups in total. The maximum Gasteiger partial charge on any atom is 0.223 e. The monoisotopic (exact) mass is 437 g/mol. The Bertz CT molecular complexity index is 1080. The molecule has 1 aliphatic rings. The smallest absolute Gasteiger partial charge is 0.223 e. The van der Waals surface area contributed by atoms with E-state index in [0.717, 1.165) is 23.8 Å². The lowest BCUT2D eigenvalue weighted by molar-refractivity contribution is 0.205. The maximum atomic E-state index is 11.7. The molecule has 0 saturated heterocycles. The number of hydrogen-bond donors (Lipinski definition) is 0. The Labute approximate surface area is 175 Å². The van der Waals surface area contributed by atoms with Gasteiger partial charge in [-0.25, -0.2) is 18.4 Å². The third-order valence-electron chi connectivity index (χ3n) is 5.58. The van der Waals surface area contributed by atoms with Gasteiger partial charge < -0.3 is 4.74 Å². The molecule has 2 heterocycles. The van der Waals surface area contributed by atoms with Crippen molar-refractivity contribution in [3.8, 4) is 5.88 Å². The Balaban J connectivity index is 2.02. The number of fused-ring (bicyclic) bond motifs is 1. The van der Waals surface area contributed by atoms with Crippen LogP contribution in [0, 0.1) is 5.92 Å². The van der Waals surface area contributed by atoms with Crippen molar-refractivity contribution < 1.29 is 13.2 Å². The van der Waals surface area contributed by atoms with E-state index in [4.69, 9.17) is 21.9 Å². The van der Waals surface area contributed by atoms with Gasteiger partial charge in [0.15, 0.2) is 0 Å². The van der Waals surface area contributed by atoms with Gasteiger partial charge in [0.1, 0.15) is 15.0 Å². The van der Waals surface area contributed by atoms with Crippen molar-refractivity contribution in [1.29, 1.82) is 0 Å². The van der Waals surface area contributed by atoms with Gasteiger partial charge in [0.25, 0.3) is 0 Å². The largest absolute Gasteiger partial charge is 0.474 e. The third-order valence-corrected chi connectivity index (χ3v) is 7.44. The number of sulfone groups is 1. The van der Waals surface area contributed by atoms with Crippen molar-refractivity contribution in [2.75, 3.05) is 6.26 Å². The van der Waals surface area contributed by atoms with Gasteiger partial charge >= 0.3 is 0 Å². The molecule has 0 spiro atoms. The molecule has 1 fully saturated rings. The summed E-state index contributed by atoms with van der Waals surface area (Å²) in [5, 5.41) is 5.29. The summed E-state index contributed by atoms with van der Waals surface area (Å²) in [6.45, 7) is 5.37. The standard InChI is InChI=1S/C19H24ClN5O3S/c1-11(7-12(2)29(4,26)27)28-18-15-9-22-17(20)8-14(15)16(10-23-18)19(3,24-25-21)13-5-6-13/h8-13H,5-7H2,1-4H3/t11-,12-,19?/m1/s1. The Hall–Kier alpha value is -2.09. The molecule has 10 heteroatoms. The van der Waals surface area contributed by atoms with E-state index in [9.17, 15) is 8.42 Å². The number of azide groups is 1. The third kappa shape index (κ3) is 4.57. The Morgan fingerprint density at radius 1 is 1.34 bits per heavy atom. The van der Waals surface area contributed by atoms with Crippen LogP contribution in [0.2, 0.25) is 5.15 Å². The number of aromatic nitrogens is 2. The van der Waals surface area contributed by atoms with Crippen molar-refractivity contribution in [3.05, 3.63) is 39.6 Å². The summed E-state index contributed by atoms with van der Waals surface area (Å²) in [7, 11) is -3.15. The van der Waals surface area contributed by atoms with E-state index in [1.807, 2.05) is 6.92 Å². The molecule has 0 aromatic carbocycles. The highest BCUT2D eigenvalue weighted by Gasteiger charge is 2.43. The number of pyridine rings is 2. The topological polar surface area (TPSA) is 118 Å². The molecular weight excluding hydrogens is 414 g/mol. The Morgan fingerprint density at radius 2 is 2.03 bits per heavy atom. The second-order valence-electron chi connectivity index (χ2n) is 7.95. The Kier molecular flexibility index (Phi) is 5.94. The lowest BCUT2D eigenvalue weighted by Crippen LogP contribution is -2.25. The molecule has 3 rings (SSSR count). The minimum Gasteiger partial charge on any atom is -0.474 e. The molecule has 8 nitrogen and oxygen atoms in total. The van der Waals surface area contributed by atoms with Crippen LogP contribution >= 0.6 is 11.6 Å². The highest BCUT2D eigenvalue weighted by molar-refractivity contribution is 7.91. The molecule has 2 aromatic heterocycles. The van der Waals surface area contributed by atoms with Crippen molar-refractivity contribution in [2.24, 2.45) is 11.0 Å². The number of halogens is 1. The van der Waals surface area contributed by atoms with Gasteiger partial charge in [-0.05, 0) is 62.1 Å². The molecule has 0 aliphatic heterocycles. The van der Waals surface area contributed by atoms with Gasteiger partial charge in [-0.15, -0.1) is 0 Å². The predicted octanol–water partition coefficient (Wildman–Crippen LogP) is 4.81. The number of hydrogen-bond acceptors (Lipinski definition) is 6. The highest BCUT2D eigenvalue weighted by Crippen LogP contribution is 2.50. The molecule has 156 valence electrons. The van der Waals surface area contributed by atoms with Gasteiger partial charge in [-0.1, -0.05) is 16.7 Å². The molecule has 1 aliphatic carbocycles. The van der Waals surface area contributed by atoms with Crippen LogP contribution in [0.4, 0.5) is 0 Å². The summed E-state index contributed by atoms with van der Waals surface area (Å²) in [5.74, 6) is 0.594. The first-order valence-electron chi connectivity index (χ1n) is 9.42. The van der Waals surface area contributed by atoms with Crippen LogP contribution in [0.15, 0.2) is 23.6 Å². The molecule has 0 bridgehead atoms. The zero-order valence-corrected chi connectivity index (χ0v) is 18.4. The van der Waals surface area contributed by atoms with Crippen LogP contribution in [0.1, 0.15) is 45.6 Å². The van der Waals surface area contributed by atoms with E-state index in [0.29, 0.717) is 22.8 Å². The van der Waals surface area contributed by atoms with Gasteiger partial charge in [-0.3, -0.25) is 0 Å². The maximum absolute atomic E-state index is 11.7. The normalized spacial score (nSPS) is 18.5. The molecule has 0 radical (unpaired) electrons. The second-order valence-corrected chi connectivity index (χ2v) is 10.8. The summed E-state index contributed by atoms with van der Waals surface area (Å²) >= 11 is 6.15. The van der Waals surface area contributed by atoms with Gasteiger partial charge in [-0.2, -0.15) is 0 Å². The molecule has 3 atom stereocenters. The van der Waals surface area contributed by atoms with E-state index in [2.05, 4.69) is 20.0 Å². The fraction of sp³-hybridized carbons (Fsp3) is 0.579. The average Bonchev–Trinajstić information content (AvgIpc) is 3.46. The van der Waals surface area contributed by atoms with Crippen LogP contribution in [-0.2, 0) is 15.4 Å². The molecule has 0 amide bonds. The second kappa shape index (κ2) is 7.97. The number of ether oxygens (including phenoxy) is 1.